The van der Waals surface area contributed by atoms with Crippen LogP contribution in [-0.2, 0) is 13.0 Å². The van der Waals surface area contributed by atoms with Crippen molar-refractivity contribution >= 4 is 27.5 Å². The van der Waals surface area contributed by atoms with E-state index in [1.54, 1.807) is 0 Å². The third-order valence-electron chi connectivity index (χ3n) is 4.88. The zero-order valence-electron chi connectivity index (χ0n) is 15.4. The van der Waals surface area contributed by atoms with Gasteiger partial charge in [-0.25, -0.2) is 4.98 Å². The number of aryl methyl sites for hydroxylation is 2. The number of amides is 1. The van der Waals surface area contributed by atoms with Gasteiger partial charge in [0.15, 0.2) is 0 Å². The lowest BCUT2D eigenvalue weighted by Gasteiger charge is -2.21. The maximum atomic E-state index is 13.0. The van der Waals surface area contributed by atoms with Gasteiger partial charge >= 0.3 is 0 Å². The van der Waals surface area contributed by atoms with Crippen molar-refractivity contribution in [1.82, 2.24) is 14.5 Å². The number of carbonyl (C=O) groups is 1. The number of rotatable bonds is 5. The van der Waals surface area contributed by atoms with Crippen LogP contribution in [0.5, 0.6) is 0 Å². The van der Waals surface area contributed by atoms with Gasteiger partial charge in [0.25, 0.3) is 11.5 Å². The van der Waals surface area contributed by atoms with Crippen molar-refractivity contribution in [3.63, 3.8) is 0 Å². The second-order valence-electron chi connectivity index (χ2n) is 6.82. The Morgan fingerprint density at radius 3 is 2.60 bits per heavy atom. The topological polar surface area (TPSA) is 55.2 Å². The number of aromatic nitrogens is 2. The van der Waals surface area contributed by atoms with Crippen molar-refractivity contribution in [2.45, 2.75) is 65.8 Å². The minimum atomic E-state index is 0.0345. The molecule has 1 aliphatic heterocycles. The van der Waals surface area contributed by atoms with E-state index in [9.17, 15) is 9.59 Å². The Hall–Kier alpha value is -1.69. The fourth-order valence-corrected chi connectivity index (χ4v) is 4.77. The van der Waals surface area contributed by atoms with Crippen LogP contribution in [0.3, 0.4) is 0 Å². The average Bonchev–Trinajstić information content (AvgIpc) is 2.77. The third kappa shape index (κ3) is 3.36. The van der Waals surface area contributed by atoms with Gasteiger partial charge in [0.1, 0.15) is 10.7 Å². The van der Waals surface area contributed by atoms with Crippen LogP contribution in [-0.4, -0.2) is 33.4 Å². The first-order valence-electron chi connectivity index (χ1n) is 9.40. The maximum absolute atomic E-state index is 13.0. The summed E-state index contributed by atoms with van der Waals surface area (Å²) in [6, 6.07) is 0. The lowest BCUT2D eigenvalue weighted by molar-refractivity contribution is 0.0760. The molecule has 25 heavy (non-hydrogen) atoms. The quantitative estimate of drug-likeness (QED) is 0.815. The minimum Gasteiger partial charge on any atom is -0.338 e. The second kappa shape index (κ2) is 7.68. The highest BCUT2D eigenvalue weighted by molar-refractivity contribution is 7.20. The predicted octanol–water partition coefficient (Wildman–Crippen LogP) is 3.76. The highest BCUT2D eigenvalue weighted by atomic mass is 32.1. The van der Waals surface area contributed by atoms with Gasteiger partial charge in [0.2, 0.25) is 0 Å². The van der Waals surface area contributed by atoms with Gasteiger partial charge in [-0.3, -0.25) is 14.2 Å². The number of nitrogens with zero attached hydrogens (tertiary/aromatic N) is 3. The summed E-state index contributed by atoms with van der Waals surface area (Å²) in [7, 11) is 0. The molecule has 0 unspecified atom stereocenters. The Labute approximate surface area is 152 Å². The molecular weight excluding hydrogens is 334 g/mol. The fraction of sp³-hybridized carbons (Fsp3) is 0.632. The van der Waals surface area contributed by atoms with Crippen LogP contribution < -0.4 is 5.56 Å². The molecule has 0 saturated heterocycles. The Kier molecular flexibility index (Phi) is 5.57. The first kappa shape index (κ1) is 18.1. The van der Waals surface area contributed by atoms with E-state index in [1.165, 1.54) is 11.3 Å². The number of carbonyl (C=O) groups excluding carboxylic acids is 1. The number of fused-ring (bicyclic) bond motifs is 2. The fourth-order valence-electron chi connectivity index (χ4n) is 3.61. The Morgan fingerprint density at radius 1 is 1.20 bits per heavy atom. The van der Waals surface area contributed by atoms with Crippen LogP contribution >= 0.6 is 11.3 Å². The van der Waals surface area contributed by atoms with Gasteiger partial charge in [0, 0.05) is 26.1 Å². The van der Waals surface area contributed by atoms with E-state index >= 15 is 0 Å². The molecule has 136 valence electrons. The molecule has 0 fully saturated rings. The molecule has 0 N–H and O–H groups in total. The molecule has 3 heterocycles. The van der Waals surface area contributed by atoms with Crippen molar-refractivity contribution in [3.8, 4) is 0 Å². The summed E-state index contributed by atoms with van der Waals surface area (Å²) in [5.74, 6) is 0.929. The van der Waals surface area contributed by atoms with Gasteiger partial charge < -0.3 is 4.90 Å². The van der Waals surface area contributed by atoms with Crippen LogP contribution in [0.15, 0.2) is 4.79 Å². The van der Waals surface area contributed by atoms with E-state index in [0.29, 0.717) is 10.3 Å². The normalized spacial score (nSPS) is 14.4. The summed E-state index contributed by atoms with van der Waals surface area (Å²) in [6.45, 7) is 8.31. The second-order valence-corrected chi connectivity index (χ2v) is 7.82. The van der Waals surface area contributed by atoms with E-state index < -0.39 is 0 Å². The van der Waals surface area contributed by atoms with Gasteiger partial charge in [0.05, 0.1) is 10.3 Å². The monoisotopic (exact) mass is 361 g/mol. The molecule has 2 aromatic heterocycles. The van der Waals surface area contributed by atoms with Crippen molar-refractivity contribution < 1.29 is 4.79 Å². The van der Waals surface area contributed by atoms with E-state index in [4.69, 9.17) is 4.98 Å². The molecule has 3 rings (SSSR count). The molecule has 2 aromatic rings. The van der Waals surface area contributed by atoms with Gasteiger partial charge in [-0.2, -0.15) is 0 Å². The summed E-state index contributed by atoms with van der Waals surface area (Å²) in [5, 5.41) is 0.645. The van der Waals surface area contributed by atoms with Gasteiger partial charge in [-0.05, 0) is 38.2 Å². The lowest BCUT2D eigenvalue weighted by atomic mass is 10.2. The van der Waals surface area contributed by atoms with Crippen molar-refractivity contribution in [2.75, 3.05) is 13.1 Å². The number of hydrogen-bond acceptors (Lipinski definition) is 4. The average molecular weight is 362 g/mol. The molecule has 0 saturated carbocycles. The summed E-state index contributed by atoms with van der Waals surface area (Å²) < 4.78 is 1.83. The largest absolute Gasteiger partial charge is 0.338 e. The molecule has 0 aliphatic carbocycles. The summed E-state index contributed by atoms with van der Waals surface area (Å²) >= 11 is 1.39. The summed E-state index contributed by atoms with van der Waals surface area (Å²) in [4.78, 5) is 34.1. The number of hydrogen-bond donors (Lipinski definition) is 0. The predicted molar refractivity (Wildman–Crippen MR) is 103 cm³/mol. The first-order valence-corrected chi connectivity index (χ1v) is 10.2. The standard InChI is InChI=1S/C19H27N3O2S/c1-4-10-21(11-5-2)19(24)16-13(3)15-17(25-16)20-14-9-7-6-8-12-22(14)18(15)23/h4-12H2,1-3H3. The van der Waals surface area contributed by atoms with Crippen molar-refractivity contribution in [3.05, 3.63) is 26.6 Å². The summed E-state index contributed by atoms with van der Waals surface area (Å²) in [5.41, 5.74) is 0.839. The smallest absolute Gasteiger partial charge is 0.264 e. The van der Waals surface area contributed by atoms with Crippen molar-refractivity contribution in [1.29, 1.82) is 0 Å². The molecule has 0 atom stereocenters. The van der Waals surface area contributed by atoms with Crippen LogP contribution in [0.2, 0.25) is 0 Å². The van der Waals surface area contributed by atoms with Crippen LogP contribution in [0.1, 0.15) is 67.0 Å². The van der Waals surface area contributed by atoms with Gasteiger partial charge in [-0.1, -0.05) is 20.3 Å². The highest BCUT2D eigenvalue weighted by Crippen LogP contribution is 2.29. The van der Waals surface area contributed by atoms with E-state index in [2.05, 4.69) is 13.8 Å². The third-order valence-corrected chi connectivity index (χ3v) is 6.05. The summed E-state index contributed by atoms with van der Waals surface area (Å²) in [6.07, 6.45) is 5.96. The molecule has 0 aromatic carbocycles. The maximum Gasteiger partial charge on any atom is 0.264 e. The molecular formula is C19H27N3O2S. The number of thiophene rings is 1. The lowest BCUT2D eigenvalue weighted by Crippen LogP contribution is -2.32. The van der Waals surface area contributed by atoms with Crippen LogP contribution in [0, 0.1) is 6.92 Å². The Balaban J connectivity index is 2.09. The molecule has 0 radical (unpaired) electrons. The zero-order valence-corrected chi connectivity index (χ0v) is 16.2. The first-order chi connectivity index (χ1) is 12.1. The molecule has 0 spiro atoms. The van der Waals surface area contributed by atoms with E-state index in [1.807, 2.05) is 16.4 Å². The Morgan fingerprint density at radius 2 is 1.92 bits per heavy atom. The molecule has 1 amide bonds. The molecule has 0 bridgehead atoms. The van der Waals surface area contributed by atoms with Crippen LogP contribution in [0.25, 0.3) is 10.2 Å². The van der Waals surface area contributed by atoms with Crippen molar-refractivity contribution in [2.24, 2.45) is 0 Å². The highest BCUT2D eigenvalue weighted by Gasteiger charge is 2.24. The zero-order chi connectivity index (χ0) is 18.0. The Bertz CT molecular complexity index is 831. The molecule has 1 aliphatic rings. The molecule has 6 heteroatoms. The minimum absolute atomic E-state index is 0.0345. The van der Waals surface area contributed by atoms with E-state index in [0.717, 1.165) is 74.4 Å². The SMILES string of the molecule is CCCN(CCC)C(=O)c1sc2nc3n(c(=O)c2c1C)CCCCC3. The van der Waals surface area contributed by atoms with Crippen LogP contribution in [0.4, 0.5) is 0 Å². The molecule has 5 nitrogen and oxygen atoms in total. The van der Waals surface area contributed by atoms with E-state index in [-0.39, 0.29) is 11.5 Å². The van der Waals surface area contributed by atoms with Gasteiger partial charge in [-0.15, -0.1) is 11.3 Å².